The van der Waals surface area contributed by atoms with Gasteiger partial charge in [0.25, 0.3) is 5.91 Å². The second-order valence-electron chi connectivity index (χ2n) is 6.90. The van der Waals surface area contributed by atoms with Gasteiger partial charge in [0, 0.05) is 43.3 Å². The maximum Gasteiger partial charge on any atom is 0.319 e. The number of urea groups is 1. The molecule has 4 amide bonds. The van der Waals surface area contributed by atoms with Crippen LogP contribution in [0.15, 0.2) is 24.3 Å². The van der Waals surface area contributed by atoms with Crippen molar-refractivity contribution >= 4 is 23.5 Å². The monoisotopic (exact) mass is 358 g/mol. The molecule has 0 spiro atoms. The lowest BCUT2D eigenvalue weighted by Crippen LogP contribution is -2.37. The van der Waals surface area contributed by atoms with Crippen molar-refractivity contribution in [1.82, 2.24) is 15.5 Å². The van der Waals surface area contributed by atoms with Gasteiger partial charge in [-0.1, -0.05) is 0 Å². The SMILES string of the molecule is O=C(Nc1ccc(C(=O)NCCC(=O)N2CCCCC2)cc1)NC1CC1. The number of rotatable bonds is 6. The molecule has 7 nitrogen and oxygen atoms in total. The van der Waals surface area contributed by atoms with Gasteiger partial charge >= 0.3 is 6.03 Å². The Morgan fingerprint density at radius 3 is 2.35 bits per heavy atom. The third-order valence-electron chi connectivity index (χ3n) is 4.65. The normalized spacial score (nSPS) is 16.7. The molecule has 26 heavy (non-hydrogen) atoms. The van der Waals surface area contributed by atoms with Crippen LogP contribution in [0.25, 0.3) is 0 Å². The summed E-state index contributed by atoms with van der Waals surface area (Å²) >= 11 is 0. The van der Waals surface area contributed by atoms with Crippen molar-refractivity contribution in [1.29, 1.82) is 0 Å². The zero-order chi connectivity index (χ0) is 18.4. The minimum atomic E-state index is -0.221. The van der Waals surface area contributed by atoms with Crippen LogP contribution in [0.1, 0.15) is 48.9 Å². The summed E-state index contributed by atoms with van der Waals surface area (Å²) in [5, 5.41) is 8.36. The number of amides is 4. The minimum Gasteiger partial charge on any atom is -0.352 e. The Kier molecular flexibility index (Phi) is 6.09. The summed E-state index contributed by atoms with van der Waals surface area (Å²) in [6, 6.07) is 6.79. The highest BCUT2D eigenvalue weighted by Gasteiger charge is 2.23. The van der Waals surface area contributed by atoms with E-state index in [1.165, 1.54) is 6.42 Å². The number of piperidine rings is 1. The number of hydrogen-bond acceptors (Lipinski definition) is 3. The smallest absolute Gasteiger partial charge is 0.319 e. The molecule has 1 heterocycles. The van der Waals surface area contributed by atoms with Crippen LogP contribution >= 0.6 is 0 Å². The van der Waals surface area contributed by atoms with Crippen LogP contribution in [0.5, 0.6) is 0 Å². The fourth-order valence-corrected chi connectivity index (χ4v) is 2.97. The lowest BCUT2D eigenvalue weighted by atomic mass is 10.1. The predicted octanol–water partition coefficient (Wildman–Crippen LogP) is 2.10. The van der Waals surface area contributed by atoms with Crippen LogP contribution in [-0.2, 0) is 4.79 Å². The Morgan fingerprint density at radius 2 is 1.69 bits per heavy atom. The molecule has 1 aromatic carbocycles. The summed E-state index contributed by atoms with van der Waals surface area (Å²) in [6.07, 6.45) is 5.72. The first-order chi connectivity index (χ1) is 12.6. The average molecular weight is 358 g/mol. The summed E-state index contributed by atoms with van der Waals surface area (Å²) in [4.78, 5) is 37.8. The Labute approximate surface area is 153 Å². The molecule has 2 aliphatic rings. The van der Waals surface area contributed by atoms with Gasteiger partial charge < -0.3 is 20.9 Å². The Hall–Kier alpha value is -2.57. The molecule has 1 aliphatic carbocycles. The summed E-state index contributed by atoms with van der Waals surface area (Å²) in [5.41, 5.74) is 1.14. The predicted molar refractivity (Wildman–Crippen MR) is 99.0 cm³/mol. The number of likely N-dealkylation sites (tertiary alicyclic amines) is 1. The van der Waals surface area contributed by atoms with Crippen LogP contribution in [-0.4, -0.2) is 48.4 Å². The van der Waals surface area contributed by atoms with Gasteiger partial charge in [-0.15, -0.1) is 0 Å². The van der Waals surface area contributed by atoms with E-state index in [4.69, 9.17) is 0 Å². The Bertz CT molecular complexity index is 649. The molecule has 2 fully saturated rings. The molecule has 0 unspecified atom stereocenters. The number of carbonyl (C=O) groups excluding carboxylic acids is 3. The van der Waals surface area contributed by atoms with Crippen molar-refractivity contribution in [3.63, 3.8) is 0 Å². The van der Waals surface area contributed by atoms with Crippen molar-refractivity contribution in [2.75, 3.05) is 25.0 Å². The summed E-state index contributed by atoms with van der Waals surface area (Å²) in [5.74, 6) is -0.114. The molecule has 1 saturated carbocycles. The zero-order valence-corrected chi connectivity index (χ0v) is 14.9. The van der Waals surface area contributed by atoms with Gasteiger partial charge in [-0.3, -0.25) is 9.59 Å². The summed E-state index contributed by atoms with van der Waals surface area (Å²) < 4.78 is 0. The molecule has 0 atom stereocenters. The number of benzene rings is 1. The maximum absolute atomic E-state index is 12.2. The van der Waals surface area contributed by atoms with E-state index in [0.29, 0.717) is 30.3 Å². The van der Waals surface area contributed by atoms with Gasteiger partial charge in [0.1, 0.15) is 0 Å². The highest BCUT2D eigenvalue weighted by molar-refractivity contribution is 5.95. The lowest BCUT2D eigenvalue weighted by molar-refractivity contribution is -0.131. The van der Waals surface area contributed by atoms with E-state index in [-0.39, 0.29) is 17.8 Å². The number of nitrogens with zero attached hydrogens (tertiary/aromatic N) is 1. The highest BCUT2D eigenvalue weighted by atomic mass is 16.2. The summed E-state index contributed by atoms with van der Waals surface area (Å²) in [7, 11) is 0. The first kappa shape index (κ1) is 18.2. The Balaban J connectivity index is 1.39. The van der Waals surface area contributed by atoms with E-state index in [9.17, 15) is 14.4 Å². The van der Waals surface area contributed by atoms with E-state index < -0.39 is 0 Å². The van der Waals surface area contributed by atoms with E-state index in [0.717, 1.165) is 38.8 Å². The third kappa shape index (κ3) is 5.47. The van der Waals surface area contributed by atoms with Gasteiger partial charge in [-0.2, -0.15) is 0 Å². The van der Waals surface area contributed by atoms with Crippen molar-refractivity contribution in [2.24, 2.45) is 0 Å². The van der Waals surface area contributed by atoms with Gasteiger partial charge in [0.2, 0.25) is 5.91 Å². The van der Waals surface area contributed by atoms with Gasteiger partial charge in [-0.25, -0.2) is 4.79 Å². The van der Waals surface area contributed by atoms with E-state index in [2.05, 4.69) is 16.0 Å². The fraction of sp³-hybridized carbons (Fsp3) is 0.526. The van der Waals surface area contributed by atoms with E-state index in [1.54, 1.807) is 24.3 Å². The lowest BCUT2D eigenvalue weighted by Gasteiger charge is -2.26. The zero-order valence-electron chi connectivity index (χ0n) is 14.9. The number of anilines is 1. The number of hydrogen-bond donors (Lipinski definition) is 3. The largest absolute Gasteiger partial charge is 0.352 e. The molecule has 3 rings (SSSR count). The van der Waals surface area contributed by atoms with Gasteiger partial charge in [0.05, 0.1) is 0 Å². The molecule has 0 bridgehead atoms. The molecule has 7 heteroatoms. The quantitative estimate of drug-likeness (QED) is 0.727. The molecule has 0 radical (unpaired) electrons. The van der Waals surface area contributed by atoms with E-state index in [1.807, 2.05) is 4.90 Å². The fourth-order valence-electron chi connectivity index (χ4n) is 2.97. The topological polar surface area (TPSA) is 90.5 Å². The average Bonchev–Trinajstić information content (AvgIpc) is 3.46. The van der Waals surface area contributed by atoms with E-state index >= 15 is 0 Å². The summed E-state index contributed by atoms with van der Waals surface area (Å²) in [6.45, 7) is 1.99. The van der Waals surface area contributed by atoms with Gasteiger partial charge in [-0.05, 0) is 56.4 Å². The number of carbonyl (C=O) groups is 3. The molecule has 1 aliphatic heterocycles. The molecule has 0 aromatic heterocycles. The second kappa shape index (κ2) is 8.69. The van der Waals surface area contributed by atoms with Crippen molar-refractivity contribution < 1.29 is 14.4 Å². The standard InChI is InChI=1S/C19H26N4O3/c24-17(23-12-2-1-3-13-23)10-11-20-18(25)14-4-6-15(7-5-14)21-19(26)22-16-8-9-16/h4-7,16H,1-3,8-13H2,(H,20,25)(H2,21,22,26). The maximum atomic E-state index is 12.2. The first-order valence-corrected chi connectivity index (χ1v) is 9.35. The van der Waals surface area contributed by atoms with Crippen molar-refractivity contribution in [3.8, 4) is 0 Å². The van der Waals surface area contributed by atoms with Gasteiger partial charge in [0.15, 0.2) is 0 Å². The van der Waals surface area contributed by atoms with Crippen molar-refractivity contribution in [2.45, 2.75) is 44.6 Å². The van der Waals surface area contributed by atoms with Crippen LogP contribution in [0.3, 0.4) is 0 Å². The molecule has 1 saturated heterocycles. The second-order valence-corrected chi connectivity index (χ2v) is 6.90. The third-order valence-corrected chi connectivity index (χ3v) is 4.65. The van der Waals surface area contributed by atoms with Crippen LogP contribution < -0.4 is 16.0 Å². The van der Waals surface area contributed by atoms with Crippen molar-refractivity contribution in [3.05, 3.63) is 29.8 Å². The van der Waals surface area contributed by atoms with Crippen LogP contribution in [0, 0.1) is 0 Å². The Morgan fingerprint density at radius 1 is 1.00 bits per heavy atom. The number of nitrogens with one attached hydrogen (secondary N) is 3. The highest BCUT2D eigenvalue weighted by Crippen LogP contribution is 2.19. The molecule has 140 valence electrons. The van der Waals surface area contributed by atoms with Crippen LogP contribution in [0.2, 0.25) is 0 Å². The molecule has 1 aromatic rings. The molecular formula is C19H26N4O3. The minimum absolute atomic E-state index is 0.103. The first-order valence-electron chi connectivity index (χ1n) is 9.35. The molecular weight excluding hydrogens is 332 g/mol. The van der Waals surface area contributed by atoms with Crippen LogP contribution in [0.4, 0.5) is 10.5 Å². The molecule has 3 N–H and O–H groups in total.